The van der Waals surface area contributed by atoms with E-state index in [1.165, 1.54) is 13.0 Å². The minimum absolute atomic E-state index is 0.240. The smallest absolute Gasteiger partial charge is 0.238 e. The van der Waals surface area contributed by atoms with Crippen LogP contribution in [0.5, 0.6) is 0 Å². The van der Waals surface area contributed by atoms with Crippen LogP contribution in [-0.4, -0.2) is 21.9 Å². The van der Waals surface area contributed by atoms with Gasteiger partial charge in [-0.1, -0.05) is 6.07 Å². The van der Waals surface area contributed by atoms with Crippen molar-refractivity contribution in [3.05, 3.63) is 23.3 Å². The van der Waals surface area contributed by atoms with Crippen LogP contribution in [0.2, 0.25) is 0 Å². The summed E-state index contributed by atoms with van der Waals surface area (Å²) in [5, 5.41) is 19.0. The standard InChI is InChI=1S/C8H12N2O5S2/c1-5-2-3-7(16(9,12)13)6(4-11)8(5)17(10,14)15/h2-3,11H,4H2,1H3,(H2,9,12,13)(H2,10,14,15). The Kier molecular flexibility index (Phi) is 3.60. The summed E-state index contributed by atoms with van der Waals surface area (Å²) in [6, 6.07) is 2.39. The van der Waals surface area contributed by atoms with Crippen LogP contribution in [0.15, 0.2) is 21.9 Å². The van der Waals surface area contributed by atoms with E-state index in [4.69, 9.17) is 15.4 Å². The van der Waals surface area contributed by atoms with E-state index < -0.39 is 36.4 Å². The summed E-state index contributed by atoms with van der Waals surface area (Å²) >= 11 is 0. The van der Waals surface area contributed by atoms with Gasteiger partial charge in [0.2, 0.25) is 20.0 Å². The molecule has 0 radical (unpaired) electrons. The molecule has 5 N–H and O–H groups in total. The first kappa shape index (κ1) is 14.1. The van der Waals surface area contributed by atoms with Gasteiger partial charge in [-0.25, -0.2) is 27.1 Å². The summed E-state index contributed by atoms with van der Waals surface area (Å²) in [5.74, 6) is 0. The third-order valence-corrected chi connectivity index (χ3v) is 4.30. The molecule has 17 heavy (non-hydrogen) atoms. The van der Waals surface area contributed by atoms with Crippen LogP contribution in [0, 0.1) is 6.92 Å². The predicted molar refractivity (Wildman–Crippen MR) is 59.8 cm³/mol. The molecule has 0 heterocycles. The Morgan fingerprint density at radius 3 is 2.00 bits per heavy atom. The zero-order valence-electron chi connectivity index (χ0n) is 8.91. The quantitative estimate of drug-likeness (QED) is 0.636. The highest BCUT2D eigenvalue weighted by Crippen LogP contribution is 2.25. The molecule has 1 rings (SSSR count). The average molecular weight is 280 g/mol. The van der Waals surface area contributed by atoms with Crippen molar-refractivity contribution in [2.24, 2.45) is 10.3 Å². The van der Waals surface area contributed by atoms with Crippen LogP contribution in [0.3, 0.4) is 0 Å². The molecule has 0 saturated heterocycles. The second-order valence-electron chi connectivity index (χ2n) is 3.44. The normalized spacial score (nSPS) is 12.7. The first-order chi connectivity index (χ1) is 7.59. The van der Waals surface area contributed by atoms with Gasteiger partial charge in [-0.2, -0.15) is 0 Å². The number of benzene rings is 1. The Morgan fingerprint density at radius 1 is 1.12 bits per heavy atom. The molecule has 0 fully saturated rings. The largest absolute Gasteiger partial charge is 0.392 e. The Bertz CT molecular complexity index is 649. The van der Waals surface area contributed by atoms with Crippen LogP contribution < -0.4 is 10.3 Å². The molecular weight excluding hydrogens is 268 g/mol. The molecule has 0 spiro atoms. The lowest BCUT2D eigenvalue weighted by Gasteiger charge is -2.12. The molecule has 9 heteroatoms. The number of primary sulfonamides is 2. The number of hydrogen-bond donors (Lipinski definition) is 3. The second kappa shape index (κ2) is 4.35. The molecule has 0 unspecified atom stereocenters. The molecule has 0 saturated carbocycles. The highest BCUT2D eigenvalue weighted by Gasteiger charge is 2.24. The molecule has 7 nitrogen and oxygen atoms in total. The van der Waals surface area contributed by atoms with E-state index in [2.05, 4.69) is 0 Å². The number of rotatable bonds is 3. The summed E-state index contributed by atoms with van der Waals surface area (Å²) in [7, 11) is -8.26. The van der Waals surface area contributed by atoms with Crippen molar-refractivity contribution < 1.29 is 21.9 Å². The maximum absolute atomic E-state index is 11.3. The van der Waals surface area contributed by atoms with Crippen molar-refractivity contribution in [1.82, 2.24) is 0 Å². The van der Waals surface area contributed by atoms with E-state index in [1.54, 1.807) is 0 Å². The minimum Gasteiger partial charge on any atom is -0.392 e. The highest BCUT2D eigenvalue weighted by molar-refractivity contribution is 7.90. The van der Waals surface area contributed by atoms with Gasteiger partial charge in [0.15, 0.2) is 0 Å². The fraction of sp³-hybridized carbons (Fsp3) is 0.250. The molecule has 0 aromatic heterocycles. The van der Waals surface area contributed by atoms with Crippen molar-refractivity contribution >= 4 is 20.0 Å². The van der Waals surface area contributed by atoms with Crippen molar-refractivity contribution in [2.45, 2.75) is 23.3 Å². The van der Waals surface area contributed by atoms with Crippen LogP contribution in [-0.2, 0) is 26.7 Å². The molecule has 0 bridgehead atoms. The molecule has 0 aliphatic carbocycles. The van der Waals surface area contributed by atoms with E-state index in [0.29, 0.717) is 0 Å². The van der Waals surface area contributed by atoms with E-state index in [1.807, 2.05) is 0 Å². The molecule has 1 aromatic rings. The van der Waals surface area contributed by atoms with Gasteiger partial charge in [0.25, 0.3) is 0 Å². The number of nitrogens with two attached hydrogens (primary N) is 2. The monoisotopic (exact) mass is 280 g/mol. The lowest BCUT2D eigenvalue weighted by atomic mass is 10.1. The SMILES string of the molecule is Cc1ccc(S(N)(=O)=O)c(CO)c1S(N)(=O)=O. The second-order valence-corrected chi connectivity index (χ2v) is 6.46. The summed E-state index contributed by atoms with van der Waals surface area (Å²) in [5.41, 5.74) is -0.0704. The zero-order valence-corrected chi connectivity index (χ0v) is 10.5. The third kappa shape index (κ3) is 2.82. The molecule has 96 valence electrons. The lowest BCUT2D eigenvalue weighted by molar-refractivity contribution is 0.274. The Balaban J connectivity index is 3.85. The van der Waals surface area contributed by atoms with Crippen molar-refractivity contribution in [3.8, 4) is 0 Å². The van der Waals surface area contributed by atoms with E-state index >= 15 is 0 Å². The number of hydrogen-bond acceptors (Lipinski definition) is 5. The highest BCUT2D eigenvalue weighted by atomic mass is 32.2. The number of aryl methyl sites for hydroxylation is 1. The van der Waals surface area contributed by atoms with E-state index in [-0.39, 0.29) is 11.1 Å². The Labute approximate surface area is 99.2 Å². The number of aliphatic hydroxyl groups excluding tert-OH is 1. The summed E-state index contributed by atoms with van der Waals surface area (Å²) in [6.45, 7) is 0.644. The Morgan fingerprint density at radius 2 is 1.65 bits per heavy atom. The van der Waals surface area contributed by atoms with Crippen molar-refractivity contribution in [2.75, 3.05) is 0 Å². The van der Waals surface area contributed by atoms with Crippen LogP contribution in [0.4, 0.5) is 0 Å². The molecule has 0 aliphatic rings. The third-order valence-electron chi connectivity index (χ3n) is 2.16. The molecule has 1 aromatic carbocycles. The van der Waals surface area contributed by atoms with Gasteiger partial charge < -0.3 is 5.11 Å². The molecular formula is C8H12N2O5S2. The number of aliphatic hydroxyl groups is 1. The van der Waals surface area contributed by atoms with Gasteiger partial charge in [0, 0.05) is 5.56 Å². The van der Waals surface area contributed by atoms with Crippen LogP contribution in [0.1, 0.15) is 11.1 Å². The molecule has 0 amide bonds. The van der Waals surface area contributed by atoms with Gasteiger partial charge in [0.1, 0.15) is 0 Å². The summed E-state index contributed by atoms with van der Waals surface area (Å²) in [6.07, 6.45) is 0. The summed E-state index contributed by atoms with van der Waals surface area (Å²) in [4.78, 5) is -0.860. The molecule has 0 aliphatic heterocycles. The molecule has 0 atom stereocenters. The van der Waals surface area contributed by atoms with Crippen LogP contribution >= 0.6 is 0 Å². The fourth-order valence-corrected chi connectivity index (χ4v) is 3.41. The van der Waals surface area contributed by atoms with Gasteiger partial charge >= 0.3 is 0 Å². The van der Waals surface area contributed by atoms with Gasteiger partial charge in [-0.3, -0.25) is 0 Å². The zero-order chi connectivity index (χ0) is 13.4. The first-order valence-corrected chi connectivity index (χ1v) is 7.47. The topological polar surface area (TPSA) is 141 Å². The predicted octanol–water partition coefficient (Wildman–Crippen LogP) is -1.22. The van der Waals surface area contributed by atoms with Gasteiger partial charge in [0.05, 0.1) is 16.4 Å². The first-order valence-electron chi connectivity index (χ1n) is 4.38. The Hall–Kier alpha value is -1.00. The van der Waals surface area contributed by atoms with Crippen LogP contribution in [0.25, 0.3) is 0 Å². The van der Waals surface area contributed by atoms with Crippen molar-refractivity contribution in [3.63, 3.8) is 0 Å². The van der Waals surface area contributed by atoms with E-state index in [0.717, 1.165) is 6.07 Å². The van der Waals surface area contributed by atoms with Crippen molar-refractivity contribution in [1.29, 1.82) is 0 Å². The van der Waals surface area contributed by atoms with E-state index in [9.17, 15) is 16.8 Å². The summed E-state index contributed by atoms with van der Waals surface area (Å²) < 4.78 is 45.2. The average Bonchev–Trinajstić information content (AvgIpc) is 2.12. The van der Waals surface area contributed by atoms with Gasteiger partial charge in [-0.15, -0.1) is 0 Å². The maximum Gasteiger partial charge on any atom is 0.238 e. The van der Waals surface area contributed by atoms with Gasteiger partial charge in [-0.05, 0) is 18.6 Å². The maximum atomic E-state index is 11.3. The fourth-order valence-electron chi connectivity index (χ4n) is 1.54. The minimum atomic E-state index is -4.14. The number of sulfonamides is 2. The lowest BCUT2D eigenvalue weighted by Crippen LogP contribution is -2.21.